The minimum Gasteiger partial charge on any atom is -0.467 e. The predicted molar refractivity (Wildman–Crippen MR) is 242 cm³/mol. The molecule has 2 aliphatic heterocycles. The fourth-order valence-electron chi connectivity index (χ4n) is 7.40. The Labute approximate surface area is 384 Å². The number of nitrogens with zero attached hydrogens (tertiary/aromatic N) is 3. The standard InChI is InChI=1S/C45H61N7O12S/c1-7-28(3)37(42(57)51-23-13-17-36(51)43(58)62-6)49-38(54)33(25-53)47-40(65)35-16-12-22-50(35)41(56)32(24-29-14-10-9-11-15-29)46-39(55)34(27-64-45(4,5)8-2)48-44(59)63-26-30-18-20-31(21-19-30)52(60)61/h8-11,14-15,18-21,28,32-37,53H,2,7,12-13,16-17,22-27H2,1,3-6H3,(H,46,55)(H,47,65)(H,48,59)(H,49,54)/t28-,32-,33-,34-,35-,36-,37-/m0/s1. The highest BCUT2D eigenvalue weighted by atomic mass is 32.1. The number of carbonyl (C=O) groups excluding carboxylic acids is 6. The van der Waals surface area contributed by atoms with Crippen LogP contribution >= 0.6 is 12.2 Å². The van der Waals surface area contributed by atoms with Crippen LogP contribution in [0, 0.1) is 16.0 Å². The number of nitrogens with one attached hydrogen (secondary N) is 4. The lowest BCUT2D eigenvalue weighted by atomic mass is 9.97. The SMILES string of the molecule is C=CC(C)(C)OC[C@H](NC(=O)OCc1ccc([N+](=O)[O-])cc1)C(=O)N[C@@H](Cc1ccccc1)C(=O)N1CCC[C@H]1C(=S)N[C@@H](CO)C(=O)N[C@H](C(=O)N1CCC[C@H]1C(=O)OC)[C@@H](C)CC. The highest BCUT2D eigenvalue weighted by Crippen LogP contribution is 2.24. The minimum atomic E-state index is -1.37. The Morgan fingerprint density at radius 2 is 1.51 bits per heavy atom. The van der Waals surface area contributed by atoms with Gasteiger partial charge < -0.3 is 50.4 Å². The monoisotopic (exact) mass is 923 g/mol. The number of hydrogen-bond donors (Lipinski definition) is 5. The molecule has 0 bridgehead atoms. The molecule has 0 aliphatic carbocycles. The van der Waals surface area contributed by atoms with Crippen molar-refractivity contribution in [2.24, 2.45) is 5.92 Å². The first kappa shape index (κ1) is 51.6. The Hall–Kier alpha value is -5.99. The third kappa shape index (κ3) is 14.5. The number of aliphatic hydroxyl groups excluding tert-OH is 1. The van der Waals surface area contributed by atoms with Crippen molar-refractivity contribution >= 4 is 58.6 Å². The third-order valence-corrected chi connectivity index (χ3v) is 12.0. The molecule has 19 nitrogen and oxygen atoms in total. The van der Waals surface area contributed by atoms with E-state index in [0.717, 1.165) is 0 Å². The number of likely N-dealkylation sites (tertiary alicyclic amines) is 2. The summed E-state index contributed by atoms with van der Waals surface area (Å²) in [5, 5.41) is 32.5. The molecule has 20 heteroatoms. The zero-order valence-electron chi connectivity index (χ0n) is 37.5. The second-order valence-corrected chi connectivity index (χ2v) is 17.0. The Kier molecular flexibility index (Phi) is 19.3. The van der Waals surface area contributed by atoms with E-state index in [-0.39, 0.29) is 42.8 Å². The largest absolute Gasteiger partial charge is 0.467 e. The quantitative estimate of drug-likeness (QED) is 0.0375. The molecule has 2 fully saturated rings. The van der Waals surface area contributed by atoms with Crippen molar-refractivity contribution in [3.8, 4) is 0 Å². The van der Waals surface area contributed by atoms with Gasteiger partial charge in [0.05, 0.1) is 41.9 Å². The molecule has 4 rings (SSSR count). The van der Waals surface area contributed by atoms with Gasteiger partial charge in [-0.3, -0.25) is 29.3 Å². The van der Waals surface area contributed by atoms with E-state index < -0.39 is 89.1 Å². The Morgan fingerprint density at radius 3 is 2.09 bits per heavy atom. The highest BCUT2D eigenvalue weighted by Gasteiger charge is 2.42. The van der Waals surface area contributed by atoms with Crippen LogP contribution in [0.25, 0.3) is 0 Å². The van der Waals surface area contributed by atoms with Crippen molar-refractivity contribution in [2.45, 2.75) is 115 Å². The van der Waals surface area contributed by atoms with E-state index in [1.54, 1.807) is 51.1 Å². The van der Waals surface area contributed by atoms with Crippen LogP contribution in [-0.4, -0.2) is 136 Å². The number of non-ortho nitro benzene ring substituents is 1. The van der Waals surface area contributed by atoms with Crippen LogP contribution in [0.3, 0.4) is 0 Å². The van der Waals surface area contributed by atoms with Crippen molar-refractivity contribution in [1.29, 1.82) is 0 Å². The molecule has 2 aliphatic rings. The third-order valence-electron chi connectivity index (χ3n) is 11.6. The van der Waals surface area contributed by atoms with E-state index in [9.17, 15) is 44.0 Å². The summed E-state index contributed by atoms with van der Waals surface area (Å²) in [5.74, 6) is -3.29. The Balaban J connectivity index is 1.51. The van der Waals surface area contributed by atoms with Crippen molar-refractivity contribution in [2.75, 3.05) is 33.4 Å². The van der Waals surface area contributed by atoms with Gasteiger partial charge >= 0.3 is 12.1 Å². The fourth-order valence-corrected chi connectivity index (χ4v) is 7.79. The van der Waals surface area contributed by atoms with Gasteiger partial charge in [0.1, 0.15) is 36.8 Å². The molecule has 7 atom stereocenters. The molecule has 0 aromatic heterocycles. The molecule has 354 valence electrons. The lowest BCUT2D eigenvalue weighted by Crippen LogP contribution is -2.60. The van der Waals surface area contributed by atoms with Gasteiger partial charge in [-0.1, -0.05) is 68.9 Å². The minimum absolute atomic E-state index is 0.0473. The van der Waals surface area contributed by atoms with Crippen LogP contribution in [0.15, 0.2) is 67.3 Å². The normalized spacial score (nSPS) is 18.2. The number of aliphatic hydroxyl groups is 1. The van der Waals surface area contributed by atoms with E-state index in [4.69, 9.17) is 26.4 Å². The molecule has 2 heterocycles. The number of alkyl carbamates (subject to hydrolysis) is 1. The van der Waals surface area contributed by atoms with E-state index in [2.05, 4.69) is 27.8 Å². The number of esters is 1. The number of carbonyl (C=O) groups is 6. The lowest BCUT2D eigenvalue weighted by Gasteiger charge is -2.33. The molecular formula is C45H61N7O12S. The Morgan fingerprint density at radius 1 is 0.892 bits per heavy atom. The van der Waals surface area contributed by atoms with Gasteiger partial charge in [0, 0.05) is 31.6 Å². The van der Waals surface area contributed by atoms with E-state index in [0.29, 0.717) is 49.8 Å². The molecule has 2 saturated heterocycles. The number of ether oxygens (including phenoxy) is 3. The summed E-state index contributed by atoms with van der Waals surface area (Å²) in [7, 11) is 1.25. The Bertz CT molecular complexity index is 2020. The van der Waals surface area contributed by atoms with E-state index >= 15 is 0 Å². The second kappa shape index (κ2) is 24.3. The summed E-state index contributed by atoms with van der Waals surface area (Å²) in [6.45, 7) is 10.1. The van der Waals surface area contributed by atoms with Crippen molar-refractivity contribution < 1.29 is 53.0 Å². The van der Waals surface area contributed by atoms with Crippen LogP contribution in [0.4, 0.5) is 10.5 Å². The molecule has 0 saturated carbocycles. The van der Waals surface area contributed by atoms with Gasteiger partial charge in [-0.2, -0.15) is 0 Å². The molecule has 5 amide bonds. The number of rotatable bonds is 22. The van der Waals surface area contributed by atoms with Gasteiger partial charge in [-0.25, -0.2) is 9.59 Å². The number of amides is 5. The first-order valence-electron chi connectivity index (χ1n) is 21.6. The zero-order valence-corrected chi connectivity index (χ0v) is 38.3. The average Bonchev–Trinajstić information content (AvgIpc) is 4.01. The van der Waals surface area contributed by atoms with Crippen molar-refractivity contribution in [3.63, 3.8) is 0 Å². The topological polar surface area (TPSA) is 248 Å². The van der Waals surface area contributed by atoms with E-state index in [1.807, 2.05) is 6.92 Å². The molecule has 0 spiro atoms. The van der Waals surface area contributed by atoms with E-state index in [1.165, 1.54) is 47.3 Å². The maximum atomic E-state index is 14.6. The first-order valence-corrected chi connectivity index (χ1v) is 22.0. The molecule has 2 aromatic rings. The lowest BCUT2D eigenvalue weighted by molar-refractivity contribution is -0.384. The second-order valence-electron chi connectivity index (χ2n) is 16.6. The van der Waals surface area contributed by atoms with Gasteiger partial charge in [0.2, 0.25) is 23.6 Å². The summed E-state index contributed by atoms with van der Waals surface area (Å²) in [6, 6.07) is 7.99. The molecule has 5 N–H and O–H groups in total. The number of thiocarbonyl (C=S) groups is 1. The van der Waals surface area contributed by atoms with Crippen LogP contribution in [-0.2, 0) is 51.2 Å². The smallest absolute Gasteiger partial charge is 0.408 e. The highest BCUT2D eigenvalue weighted by molar-refractivity contribution is 7.80. The van der Waals surface area contributed by atoms with Gasteiger partial charge in [-0.05, 0) is 68.7 Å². The summed E-state index contributed by atoms with van der Waals surface area (Å²) < 4.78 is 16.2. The maximum Gasteiger partial charge on any atom is 0.408 e. The summed E-state index contributed by atoms with van der Waals surface area (Å²) in [4.78, 5) is 95.3. The van der Waals surface area contributed by atoms with Crippen LogP contribution < -0.4 is 21.3 Å². The maximum absolute atomic E-state index is 14.6. The molecule has 0 unspecified atom stereocenters. The van der Waals surface area contributed by atoms with Gasteiger partial charge in [-0.15, -0.1) is 6.58 Å². The van der Waals surface area contributed by atoms with Crippen molar-refractivity contribution in [1.82, 2.24) is 31.1 Å². The zero-order chi connectivity index (χ0) is 47.8. The fraction of sp³-hybridized carbons (Fsp3) is 0.533. The van der Waals surface area contributed by atoms with Crippen LogP contribution in [0.2, 0.25) is 0 Å². The summed E-state index contributed by atoms with van der Waals surface area (Å²) in [5.41, 5.74) is 0.125. The molecule has 0 radical (unpaired) electrons. The molecular weight excluding hydrogens is 863 g/mol. The number of hydrogen-bond acceptors (Lipinski definition) is 13. The summed E-state index contributed by atoms with van der Waals surface area (Å²) >= 11 is 5.78. The van der Waals surface area contributed by atoms with Crippen LogP contribution in [0.1, 0.15) is 70.9 Å². The number of nitro benzene ring substituents is 1. The molecule has 65 heavy (non-hydrogen) atoms. The first-order chi connectivity index (χ1) is 30.9. The van der Waals surface area contributed by atoms with Gasteiger partial charge in [0.15, 0.2) is 0 Å². The van der Waals surface area contributed by atoms with Gasteiger partial charge in [0.25, 0.3) is 5.69 Å². The average molecular weight is 924 g/mol. The number of benzene rings is 2. The number of nitro groups is 1. The summed E-state index contributed by atoms with van der Waals surface area (Å²) in [6.07, 6.45) is 3.05. The molecule has 2 aromatic carbocycles. The van der Waals surface area contributed by atoms with Crippen molar-refractivity contribution in [3.05, 3.63) is 88.5 Å². The number of methoxy groups -OCH3 is 1. The van der Waals surface area contributed by atoms with Crippen LogP contribution in [0.5, 0.6) is 0 Å². The predicted octanol–water partition coefficient (Wildman–Crippen LogP) is 2.86.